The van der Waals surface area contributed by atoms with Gasteiger partial charge >= 0.3 is 0 Å². The standard InChI is InChI=1S/C14H18O/c1-4-9-14(15,10-5-2)13-8-6-7-12(3)11-13/h4-8,11,15H,1-2,9-10H2,3H3. The number of aliphatic hydroxyl groups is 1. The average Bonchev–Trinajstić information content (AvgIpc) is 2.18. The van der Waals surface area contributed by atoms with Crippen molar-refractivity contribution in [1.29, 1.82) is 0 Å². The first-order chi connectivity index (χ1) is 7.12. The van der Waals surface area contributed by atoms with Crippen LogP contribution in [0.1, 0.15) is 24.0 Å². The molecule has 0 aromatic heterocycles. The molecule has 0 amide bonds. The summed E-state index contributed by atoms with van der Waals surface area (Å²) < 4.78 is 0. The maximum atomic E-state index is 10.5. The van der Waals surface area contributed by atoms with E-state index in [0.717, 1.165) is 11.1 Å². The van der Waals surface area contributed by atoms with Crippen molar-refractivity contribution < 1.29 is 5.11 Å². The summed E-state index contributed by atoms with van der Waals surface area (Å²) in [7, 11) is 0. The van der Waals surface area contributed by atoms with Gasteiger partial charge in [0.05, 0.1) is 5.60 Å². The molecule has 0 aliphatic heterocycles. The third-order valence-corrected chi connectivity index (χ3v) is 2.52. The van der Waals surface area contributed by atoms with Crippen LogP contribution in [0.3, 0.4) is 0 Å². The lowest BCUT2D eigenvalue weighted by Crippen LogP contribution is -2.24. The molecule has 1 rings (SSSR count). The fourth-order valence-electron chi connectivity index (χ4n) is 1.73. The van der Waals surface area contributed by atoms with E-state index in [0.29, 0.717) is 12.8 Å². The number of hydrogen-bond donors (Lipinski definition) is 1. The van der Waals surface area contributed by atoms with Crippen molar-refractivity contribution in [3.63, 3.8) is 0 Å². The Morgan fingerprint density at radius 2 is 1.87 bits per heavy atom. The second kappa shape index (κ2) is 4.94. The van der Waals surface area contributed by atoms with Crippen LogP contribution in [0.25, 0.3) is 0 Å². The van der Waals surface area contributed by atoms with Gasteiger partial charge in [0.2, 0.25) is 0 Å². The van der Waals surface area contributed by atoms with Gasteiger partial charge in [0, 0.05) is 0 Å². The number of hydrogen-bond acceptors (Lipinski definition) is 1. The molecule has 0 saturated carbocycles. The quantitative estimate of drug-likeness (QED) is 0.726. The molecular formula is C14H18O. The van der Waals surface area contributed by atoms with Gasteiger partial charge < -0.3 is 5.11 Å². The minimum Gasteiger partial charge on any atom is -0.385 e. The van der Waals surface area contributed by atoms with Crippen LogP contribution >= 0.6 is 0 Å². The van der Waals surface area contributed by atoms with Gasteiger partial charge in [0.1, 0.15) is 0 Å². The predicted octanol–water partition coefficient (Wildman–Crippen LogP) is 3.33. The van der Waals surface area contributed by atoms with Crippen molar-refractivity contribution in [1.82, 2.24) is 0 Å². The van der Waals surface area contributed by atoms with Crippen LogP contribution in [-0.4, -0.2) is 5.11 Å². The van der Waals surface area contributed by atoms with Gasteiger partial charge in [-0.25, -0.2) is 0 Å². The summed E-state index contributed by atoms with van der Waals surface area (Å²) in [6.07, 6.45) is 4.57. The van der Waals surface area contributed by atoms with Gasteiger partial charge in [0.25, 0.3) is 0 Å². The van der Waals surface area contributed by atoms with Crippen LogP contribution in [0.15, 0.2) is 49.6 Å². The van der Waals surface area contributed by atoms with E-state index >= 15 is 0 Å². The maximum absolute atomic E-state index is 10.5. The molecule has 1 nitrogen and oxygen atoms in total. The molecule has 0 saturated heterocycles. The largest absolute Gasteiger partial charge is 0.385 e. The van der Waals surface area contributed by atoms with E-state index in [4.69, 9.17) is 0 Å². The zero-order valence-corrected chi connectivity index (χ0v) is 9.24. The molecule has 0 bridgehead atoms. The minimum atomic E-state index is -0.852. The summed E-state index contributed by atoms with van der Waals surface area (Å²) in [5.74, 6) is 0. The monoisotopic (exact) mass is 202 g/mol. The third-order valence-electron chi connectivity index (χ3n) is 2.52. The molecule has 15 heavy (non-hydrogen) atoms. The van der Waals surface area contributed by atoms with Gasteiger partial charge in [-0.3, -0.25) is 0 Å². The van der Waals surface area contributed by atoms with Crippen LogP contribution in [0.5, 0.6) is 0 Å². The highest BCUT2D eigenvalue weighted by Crippen LogP contribution is 2.29. The summed E-state index contributed by atoms with van der Waals surface area (Å²) in [5.41, 5.74) is 1.23. The first-order valence-corrected chi connectivity index (χ1v) is 5.14. The lowest BCUT2D eigenvalue weighted by atomic mass is 9.86. The van der Waals surface area contributed by atoms with Crippen LogP contribution in [0.2, 0.25) is 0 Å². The van der Waals surface area contributed by atoms with Gasteiger partial charge in [0.15, 0.2) is 0 Å². The van der Waals surface area contributed by atoms with E-state index in [1.54, 1.807) is 12.2 Å². The van der Waals surface area contributed by atoms with Crippen molar-refractivity contribution in [3.05, 3.63) is 60.7 Å². The summed E-state index contributed by atoms with van der Waals surface area (Å²) in [5, 5.41) is 10.5. The third kappa shape index (κ3) is 2.80. The van der Waals surface area contributed by atoms with E-state index in [1.165, 1.54) is 0 Å². The topological polar surface area (TPSA) is 20.2 Å². The Morgan fingerprint density at radius 1 is 1.27 bits per heavy atom. The summed E-state index contributed by atoms with van der Waals surface area (Å²) in [4.78, 5) is 0. The lowest BCUT2D eigenvalue weighted by molar-refractivity contribution is 0.0429. The van der Waals surface area contributed by atoms with Crippen molar-refractivity contribution in [2.75, 3.05) is 0 Å². The molecule has 1 N–H and O–H groups in total. The van der Waals surface area contributed by atoms with E-state index in [2.05, 4.69) is 13.2 Å². The zero-order chi connectivity index (χ0) is 11.3. The molecule has 1 heteroatoms. The molecule has 0 unspecified atom stereocenters. The fourth-order valence-corrected chi connectivity index (χ4v) is 1.73. The van der Waals surface area contributed by atoms with Crippen LogP contribution in [0.4, 0.5) is 0 Å². The molecule has 0 radical (unpaired) electrons. The molecule has 0 fully saturated rings. The second-order valence-corrected chi connectivity index (χ2v) is 3.89. The first-order valence-electron chi connectivity index (χ1n) is 5.14. The van der Waals surface area contributed by atoms with E-state index in [9.17, 15) is 5.11 Å². The Kier molecular flexibility index (Phi) is 3.87. The fraction of sp³-hybridized carbons (Fsp3) is 0.286. The summed E-state index contributed by atoms with van der Waals surface area (Å²) in [6, 6.07) is 7.93. The van der Waals surface area contributed by atoms with Gasteiger partial charge in [-0.2, -0.15) is 0 Å². The number of aryl methyl sites for hydroxylation is 1. The average molecular weight is 202 g/mol. The SMILES string of the molecule is C=CCC(O)(CC=C)c1cccc(C)c1. The minimum absolute atomic E-state index is 0.544. The molecule has 1 aromatic rings. The molecule has 0 heterocycles. The van der Waals surface area contributed by atoms with Gasteiger partial charge in [-0.15, -0.1) is 13.2 Å². The molecular weight excluding hydrogens is 184 g/mol. The molecule has 1 aromatic carbocycles. The van der Waals surface area contributed by atoms with Crippen LogP contribution in [0, 0.1) is 6.92 Å². The molecule has 80 valence electrons. The predicted molar refractivity (Wildman–Crippen MR) is 64.7 cm³/mol. The molecule has 0 aliphatic carbocycles. The van der Waals surface area contributed by atoms with Gasteiger partial charge in [-0.1, -0.05) is 42.0 Å². The Hall–Kier alpha value is -1.34. The highest BCUT2D eigenvalue weighted by Gasteiger charge is 2.25. The molecule has 0 aliphatic rings. The highest BCUT2D eigenvalue weighted by atomic mass is 16.3. The van der Waals surface area contributed by atoms with Crippen molar-refractivity contribution in [3.8, 4) is 0 Å². The van der Waals surface area contributed by atoms with Crippen molar-refractivity contribution in [2.45, 2.75) is 25.4 Å². The van der Waals surface area contributed by atoms with E-state index in [-0.39, 0.29) is 0 Å². The smallest absolute Gasteiger partial charge is 0.0964 e. The lowest BCUT2D eigenvalue weighted by Gasteiger charge is -2.26. The Labute approximate surface area is 91.8 Å². The Balaban J connectivity index is 3.07. The maximum Gasteiger partial charge on any atom is 0.0964 e. The Morgan fingerprint density at radius 3 is 2.33 bits per heavy atom. The Bertz CT molecular complexity index is 342. The number of benzene rings is 1. The van der Waals surface area contributed by atoms with Crippen LogP contribution in [-0.2, 0) is 5.60 Å². The van der Waals surface area contributed by atoms with Gasteiger partial charge in [-0.05, 0) is 25.3 Å². The summed E-state index contributed by atoms with van der Waals surface area (Å²) >= 11 is 0. The molecule has 0 spiro atoms. The van der Waals surface area contributed by atoms with E-state index < -0.39 is 5.60 Å². The van der Waals surface area contributed by atoms with Crippen molar-refractivity contribution in [2.24, 2.45) is 0 Å². The van der Waals surface area contributed by atoms with Crippen LogP contribution < -0.4 is 0 Å². The van der Waals surface area contributed by atoms with Crippen molar-refractivity contribution >= 4 is 0 Å². The summed E-state index contributed by atoms with van der Waals surface area (Å²) in [6.45, 7) is 9.38. The molecule has 0 atom stereocenters. The normalized spacial score (nSPS) is 11.1. The second-order valence-electron chi connectivity index (χ2n) is 3.89. The zero-order valence-electron chi connectivity index (χ0n) is 9.24. The van der Waals surface area contributed by atoms with E-state index in [1.807, 2.05) is 31.2 Å². The first kappa shape index (κ1) is 11.7. The highest BCUT2D eigenvalue weighted by molar-refractivity contribution is 5.28. The number of rotatable bonds is 5.